The van der Waals surface area contributed by atoms with Gasteiger partial charge < -0.3 is 15.4 Å². The minimum absolute atomic E-state index is 0.0623. The fourth-order valence-electron chi connectivity index (χ4n) is 2.06. The van der Waals surface area contributed by atoms with Gasteiger partial charge in [-0.15, -0.1) is 0 Å². The number of hydrogen-bond donors (Lipinski definition) is 2. The molecule has 1 rings (SSSR count). The van der Waals surface area contributed by atoms with Crippen LogP contribution in [-0.4, -0.2) is 42.5 Å². The van der Waals surface area contributed by atoms with E-state index < -0.39 is 23.5 Å². The first-order valence-corrected chi connectivity index (χ1v) is 8.28. The highest BCUT2D eigenvalue weighted by Crippen LogP contribution is 2.22. The molecule has 3 N–H and O–H groups in total. The van der Waals surface area contributed by atoms with Gasteiger partial charge >= 0.3 is 6.18 Å². The number of amides is 1. The number of halogens is 4. The van der Waals surface area contributed by atoms with Crippen LogP contribution in [0.1, 0.15) is 18.9 Å². The highest BCUT2D eigenvalue weighted by Gasteiger charge is 2.32. The molecule has 0 saturated heterocycles. The number of nitrogens with one attached hydrogen (secondary N) is 1. The maximum absolute atomic E-state index is 12.5. The third-order valence-corrected chi connectivity index (χ3v) is 3.75. The quantitative estimate of drug-likeness (QED) is 0.499. The lowest BCUT2D eigenvalue weighted by atomic mass is 10.1. The average molecular weight is 392 g/mol. The molecule has 0 aliphatic heterocycles. The maximum atomic E-state index is 12.5. The van der Waals surface area contributed by atoms with Gasteiger partial charge in [-0.2, -0.15) is 13.2 Å². The molecule has 0 heterocycles. The highest BCUT2D eigenvalue weighted by molar-refractivity contribution is 6.42. The topological polar surface area (TPSA) is 79.4 Å². The van der Waals surface area contributed by atoms with Crippen LogP contribution >= 0.6 is 11.6 Å². The second-order valence-corrected chi connectivity index (χ2v) is 5.79. The van der Waals surface area contributed by atoms with Gasteiger partial charge in [-0.25, -0.2) is 0 Å². The van der Waals surface area contributed by atoms with E-state index in [1.807, 2.05) is 6.92 Å². The van der Waals surface area contributed by atoms with E-state index in [-0.39, 0.29) is 13.1 Å². The van der Waals surface area contributed by atoms with Crippen molar-refractivity contribution in [2.24, 2.45) is 5.73 Å². The molecular formula is C17H21ClF3N3O2. The standard InChI is InChI=1S/C17H21ClF3N3O2/c1-2-26-9-5-8-24(11-12-6-3-4-7-13(12)18)16(25)14(22)10-15(23)17(19,20)21/h3-4,6-7,10,22H,2,5,8-9,11,23H2,1H3. The van der Waals surface area contributed by atoms with Crippen LogP contribution in [0.2, 0.25) is 5.02 Å². The smallest absolute Gasteiger partial charge is 0.395 e. The van der Waals surface area contributed by atoms with E-state index in [0.717, 1.165) is 0 Å². The lowest BCUT2D eigenvalue weighted by molar-refractivity contribution is -0.124. The first kappa shape index (κ1) is 22.0. The molecule has 0 radical (unpaired) electrons. The number of allylic oxidation sites excluding steroid dienone is 1. The first-order chi connectivity index (χ1) is 12.2. The van der Waals surface area contributed by atoms with Gasteiger partial charge in [-0.3, -0.25) is 10.2 Å². The third-order valence-electron chi connectivity index (χ3n) is 3.38. The summed E-state index contributed by atoms with van der Waals surface area (Å²) in [6.07, 6.45) is -4.00. The molecule has 0 bridgehead atoms. The van der Waals surface area contributed by atoms with Crippen LogP contribution in [0.4, 0.5) is 13.2 Å². The molecule has 0 aromatic heterocycles. The Kier molecular flexibility index (Phi) is 8.60. The van der Waals surface area contributed by atoms with Crippen molar-refractivity contribution in [1.82, 2.24) is 4.90 Å². The molecular weight excluding hydrogens is 371 g/mol. The highest BCUT2D eigenvalue weighted by atomic mass is 35.5. The van der Waals surface area contributed by atoms with E-state index in [0.29, 0.717) is 36.3 Å². The molecule has 0 aliphatic rings. The second-order valence-electron chi connectivity index (χ2n) is 5.38. The number of nitrogens with two attached hydrogens (primary N) is 1. The van der Waals surface area contributed by atoms with Crippen LogP contribution in [0.5, 0.6) is 0 Å². The summed E-state index contributed by atoms with van der Waals surface area (Å²) < 4.78 is 42.7. The average Bonchev–Trinajstić information content (AvgIpc) is 2.57. The van der Waals surface area contributed by atoms with Crippen molar-refractivity contribution in [3.8, 4) is 0 Å². The maximum Gasteiger partial charge on any atom is 0.430 e. The molecule has 1 amide bonds. The van der Waals surface area contributed by atoms with E-state index in [9.17, 15) is 18.0 Å². The van der Waals surface area contributed by atoms with Gasteiger partial charge in [0.1, 0.15) is 11.4 Å². The van der Waals surface area contributed by atoms with Crippen LogP contribution in [-0.2, 0) is 16.1 Å². The normalized spacial score (nSPS) is 12.1. The molecule has 1 aromatic carbocycles. The molecule has 144 valence electrons. The molecule has 5 nitrogen and oxygen atoms in total. The van der Waals surface area contributed by atoms with E-state index >= 15 is 0 Å². The fraction of sp³-hybridized carbons (Fsp3) is 0.412. The molecule has 0 saturated carbocycles. The minimum Gasteiger partial charge on any atom is -0.395 e. The van der Waals surface area contributed by atoms with E-state index in [1.54, 1.807) is 24.3 Å². The number of ether oxygens (including phenoxy) is 1. The van der Waals surface area contributed by atoms with Gasteiger partial charge in [-0.05, 0) is 31.1 Å². The van der Waals surface area contributed by atoms with Crippen molar-refractivity contribution in [3.05, 3.63) is 46.6 Å². The van der Waals surface area contributed by atoms with E-state index in [4.69, 9.17) is 27.5 Å². The zero-order chi connectivity index (χ0) is 19.7. The summed E-state index contributed by atoms with van der Waals surface area (Å²) in [6, 6.07) is 6.81. The number of carbonyl (C=O) groups excluding carboxylic acids is 1. The lowest BCUT2D eigenvalue weighted by Crippen LogP contribution is -2.37. The third kappa shape index (κ3) is 7.05. The number of rotatable bonds is 9. The van der Waals surface area contributed by atoms with Crippen LogP contribution in [0.15, 0.2) is 36.0 Å². The molecule has 9 heteroatoms. The molecule has 26 heavy (non-hydrogen) atoms. The van der Waals surface area contributed by atoms with Crippen LogP contribution in [0.25, 0.3) is 0 Å². The predicted molar refractivity (Wildman–Crippen MR) is 94.0 cm³/mol. The Hall–Kier alpha value is -2.06. The molecule has 0 fully saturated rings. The Bertz CT molecular complexity index is 663. The number of hydrogen-bond acceptors (Lipinski definition) is 4. The molecule has 0 atom stereocenters. The molecule has 0 unspecified atom stereocenters. The number of carbonyl (C=O) groups is 1. The van der Waals surface area contributed by atoms with Gasteiger partial charge in [-0.1, -0.05) is 29.8 Å². The SMILES string of the molecule is CCOCCCN(Cc1ccccc1Cl)C(=O)C(=N)C=C(N)C(F)(F)F. The Morgan fingerprint density at radius 2 is 2.04 bits per heavy atom. The zero-order valence-corrected chi connectivity index (χ0v) is 15.0. The van der Waals surface area contributed by atoms with E-state index in [1.165, 1.54) is 4.90 Å². The lowest BCUT2D eigenvalue weighted by Gasteiger charge is -2.23. The largest absolute Gasteiger partial charge is 0.430 e. The number of nitrogens with zero attached hydrogens (tertiary/aromatic N) is 1. The summed E-state index contributed by atoms with van der Waals surface area (Å²) in [5.74, 6) is -0.867. The summed E-state index contributed by atoms with van der Waals surface area (Å²) in [4.78, 5) is 13.7. The van der Waals surface area contributed by atoms with Gasteiger partial charge in [0, 0.05) is 31.3 Å². The van der Waals surface area contributed by atoms with Crippen LogP contribution in [0, 0.1) is 5.41 Å². The molecule has 1 aromatic rings. The Labute approximate surface area is 155 Å². The summed E-state index contributed by atoms with van der Waals surface area (Å²) in [6.45, 7) is 2.99. The number of benzene rings is 1. The monoisotopic (exact) mass is 391 g/mol. The van der Waals surface area contributed by atoms with Crippen molar-refractivity contribution >= 4 is 23.2 Å². The Balaban J connectivity index is 2.93. The van der Waals surface area contributed by atoms with Crippen molar-refractivity contribution < 1.29 is 22.7 Å². The Morgan fingerprint density at radius 1 is 1.38 bits per heavy atom. The summed E-state index contributed by atoms with van der Waals surface area (Å²) in [5, 5.41) is 8.08. The van der Waals surface area contributed by atoms with Gasteiger partial charge in [0.05, 0.1) is 0 Å². The second kappa shape index (κ2) is 10.2. The van der Waals surface area contributed by atoms with Gasteiger partial charge in [0.15, 0.2) is 0 Å². The van der Waals surface area contributed by atoms with Gasteiger partial charge in [0.25, 0.3) is 5.91 Å². The predicted octanol–water partition coefficient (Wildman–Crippen LogP) is 3.52. The van der Waals surface area contributed by atoms with Crippen LogP contribution in [0.3, 0.4) is 0 Å². The zero-order valence-electron chi connectivity index (χ0n) is 14.3. The van der Waals surface area contributed by atoms with Crippen LogP contribution < -0.4 is 5.73 Å². The Morgan fingerprint density at radius 3 is 2.62 bits per heavy atom. The summed E-state index contributed by atoms with van der Waals surface area (Å²) in [7, 11) is 0. The van der Waals surface area contributed by atoms with E-state index in [2.05, 4.69) is 0 Å². The van der Waals surface area contributed by atoms with Crippen molar-refractivity contribution in [2.45, 2.75) is 26.1 Å². The van der Waals surface area contributed by atoms with Crippen molar-refractivity contribution in [2.75, 3.05) is 19.8 Å². The number of alkyl halides is 3. The minimum atomic E-state index is -4.80. The molecule has 0 spiro atoms. The van der Waals surface area contributed by atoms with Gasteiger partial charge in [0.2, 0.25) is 0 Å². The first-order valence-electron chi connectivity index (χ1n) is 7.90. The summed E-state index contributed by atoms with van der Waals surface area (Å²) >= 11 is 6.08. The summed E-state index contributed by atoms with van der Waals surface area (Å²) in [5.41, 5.74) is 3.17. The molecule has 0 aliphatic carbocycles. The van der Waals surface area contributed by atoms with Crippen molar-refractivity contribution in [1.29, 1.82) is 5.41 Å². The fourth-order valence-corrected chi connectivity index (χ4v) is 2.25. The van der Waals surface area contributed by atoms with Crippen molar-refractivity contribution in [3.63, 3.8) is 0 Å².